The normalized spacial score (nSPS) is 13.0. The van der Waals surface area contributed by atoms with Crippen LogP contribution in [0.4, 0.5) is 17.1 Å². The number of hydrogen-bond acceptors (Lipinski definition) is 2. The van der Waals surface area contributed by atoms with Gasteiger partial charge in [0.15, 0.2) is 0 Å². The molecule has 2 heteroatoms. The van der Waals surface area contributed by atoms with Crippen LogP contribution < -0.4 is 4.90 Å². The summed E-state index contributed by atoms with van der Waals surface area (Å²) in [5.74, 6) is 0. The third kappa shape index (κ3) is 4.94. The Labute approximate surface area is 359 Å². The number of fused-ring (bicyclic) bond motifs is 15. The summed E-state index contributed by atoms with van der Waals surface area (Å²) < 4.78 is 2.64. The number of benzene rings is 10. The Hall–Kier alpha value is -7.52. The molecule has 0 N–H and O–H groups in total. The molecule has 13 rings (SSSR count). The molecule has 2 aliphatic rings. The maximum atomic E-state index is 2.49. The molecule has 0 radical (unpaired) electrons. The average Bonchev–Trinajstić information content (AvgIpc) is 3.96. The third-order valence-corrected chi connectivity index (χ3v) is 14.4. The third-order valence-electron chi connectivity index (χ3n) is 13.3. The predicted molar refractivity (Wildman–Crippen MR) is 259 cm³/mol. The molecule has 0 saturated carbocycles. The van der Waals surface area contributed by atoms with Gasteiger partial charge in [-0.25, -0.2) is 0 Å². The zero-order valence-electron chi connectivity index (χ0n) is 33.2. The van der Waals surface area contributed by atoms with Crippen LogP contribution in [0.25, 0.3) is 75.5 Å². The van der Waals surface area contributed by atoms with Crippen molar-refractivity contribution >= 4 is 59.3 Å². The second-order valence-electron chi connectivity index (χ2n) is 16.4. The van der Waals surface area contributed by atoms with Gasteiger partial charge in [0.2, 0.25) is 0 Å². The number of rotatable bonds is 5. The van der Waals surface area contributed by atoms with E-state index in [2.05, 4.69) is 229 Å². The fourth-order valence-corrected chi connectivity index (χ4v) is 11.9. The van der Waals surface area contributed by atoms with E-state index in [-0.39, 0.29) is 0 Å². The standard InChI is InChI=1S/C59H37NS/c1-2-14-38(15-3-1)39-28-31-42(32-29-39)60(43-18-12-17-41(36-43)45-23-13-16-40-30-35-56-58(57(40)45)50-22-7-11-27-55(50)61-56)44-33-34-49-48-21-6-10-26-53(48)59(54(49)37-44)51-24-8-4-19-46(51)47-20-5-9-25-52(47)59/h1-37H. The van der Waals surface area contributed by atoms with Crippen LogP contribution in [0, 0.1) is 0 Å². The lowest BCUT2D eigenvalue weighted by Crippen LogP contribution is -2.26. The van der Waals surface area contributed by atoms with Gasteiger partial charge in [0, 0.05) is 37.2 Å². The highest BCUT2D eigenvalue weighted by molar-refractivity contribution is 7.26. The van der Waals surface area contributed by atoms with Gasteiger partial charge in [-0.3, -0.25) is 0 Å². The summed E-state index contributed by atoms with van der Waals surface area (Å²) in [5, 5.41) is 5.23. The van der Waals surface area contributed by atoms with E-state index in [0.29, 0.717) is 0 Å². The summed E-state index contributed by atoms with van der Waals surface area (Å²) in [6, 6.07) is 83.5. The van der Waals surface area contributed by atoms with Gasteiger partial charge in [-0.2, -0.15) is 0 Å². The second kappa shape index (κ2) is 13.2. The Kier molecular flexibility index (Phi) is 7.46. The van der Waals surface area contributed by atoms with Crippen LogP contribution in [-0.4, -0.2) is 0 Å². The molecule has 0 saturated heterocycles. The molecule has 1 spiro atoms. The molecule has 10 aromatic carbocycles. The van der Waals surface area contributed by atoms with Crippen LogP contribution >= 0.6 is 11.3 Å². The van der Waals surface area contributed by atoms with Crippen molar-refractivity contribution in [2.75, 3.05) is 4.90 Å². The quantitative estimate of drug-likeness (QED) is 0.168. The van der Waals surface area contributed by atoms with Gasteiger partial charge in [0.25, 0.3) is 0 Å². The Bertz CT molecular complexity index is 3480. The summed E-state index contributed by atoms with van der Waals surface area (Å²) in [6.07, 6.45) is 0. The van der Waals surface area contributed by atoms with Gasteiger partial charge in [0.1, 0.15) is 0 Å². The van der Waals surface area contributed by atoms with E-state index in [9.17, 15) is 0 Å². The zero-order chi connectivity index (χ0) is 40.1. The lowest BCUT2D eigenvalue weighted by molar-refractivity contribution is 0.793. The first-order chi connectivity index (χ1) is 30.3. The van der Waals surface area contributed by atoms with Gasteiger partial charge in [-0.15, -0.1) is 11.3 Å². The van der Waals surface area contributed by atoms with Crippen LogP contribution in [0.1, 0.15) is 22.3 Å². The summed E-state index contributed by atoms with van der Waals surface area (Å²) in [6.45, 7) is 0. The maximum Gasteiger partial charge on any atom is 0.0726 e. The Morgan fingerprint density at radius 3 is 1.61 bits per heavy atom. The molecule has 0 aliphatic heterocycles. The van der Waals surface area contributed by atoms with E-state index in [4.69, 9.17) is 0 Å². The number of hydrogen-bond donors (Lipinski definition) is 0. The van der Waals surface area contributed by atoms with Crippen molar-refractivity contribution in [3.63, 3.8) is 0 Å². The van der Waals surface area contributed by atoms with E-state index < -0.39 is 5.41 Å². The Morgan fingerprint density at radius 2 is 0.869 bits per heavy atom. The van der Waals surface area contributed by atoms with Crippen LogP contribution in [0.3, 0.4) is 0 Å². The molecule has 61 heavy (non-hydrogen) atoms. The molecule has 1 aromatic heterocycles. The lowest BCUT2D eigenvalue weighted by Gasteiger charge is -2.32. The van der Waals surface area contributed by atoms with E-state index in [0.717, 1.165) is 17.1 Å². The van der Waals surface area contributed by atoms with Crippen molar-refractivity contribution in [2.24, 2.45) is 0 Å². The van der Waals surface area contributed by atoms with E-state index in [1.165, 1.54) is 97.7 Å². The van der Waals surface area contributed by atoms with Crippen LogP contribution in [0.5, 0.6) is 0 Å². The molecule has 11 aromatic rings. The second-order valence-corrected chi connectivity index (χ2v) is 17.4. The largest absolute Gasteiger partial charge is 0.310 e. The molecular weight excluding hydrogens is 755 g/mol. The molecule has 0 fully saturated rings. The van der Waals surface area contributed by atoms with E-state index in [1.807, 2.05) is 11.3 Å². The highest BCUT2D eigenvalue weighted by atomic mass is 32.1. The first-order valence-corrected chi connectivity index (χ1v) is 21.9. The number of anilines is 3. The molecule has 1 heterocycles. The summed E-state index contributed by atoms with van der Waals surface area (Å²) >= 11 is 1.88. The fraction of sp³-hybridized carbons (Fsp3) is 0.0169. The Morgan fingerprint density at radius 1 is 0.311 bits per heavy atom. The summed E-state index contributed by atoms with van der Waals surface area (Å²) in [5.41, 5.74) is 18.4. The minimum absolute atomic E-state index is 0.433. The minimum Gasteiger partial charge on any atom is -0.310 e. The molecule has 1 nitrogen and oxygen atoms in total. The lowest BCUT2D eigenvalue weighted by atomic mass is 9.70. The Balaban J connectivity index is 1.04. The van der Waals surface area contributed by atoms with Crippen LogP contribution in [-0.2, 0) is 5.41 Å². The number of thiophene rings is 1. The first kappa shape index (κ1) is 34.4. The first-order valence-electron chi connectivity index (χ1n) is 21.1. The van der Waals surface area contributed by atoms with Gasteiger partial charge in [0.05, 0.1) is 5.41 Å². The molecule has 2 aliphatic carbocycles. The van der Waals surface area contributed by atoms with E-state index in [1.54, 1.807) is 0 Å². The van der Waals surface area contributed by atoms with Crippen LogP contribution in [0.15, 0.2) is 224 Å². The van der Waals surface area contributed by atoms with Gasteiger partial charge >= 0.3 is 0 Å². The monoisotopic (exact) mass is 791 g/mol. The summed E-state index contributed by atoms with van der Waals surface area (Å²) in [4.78, 5) is 2.46. The molecule has 284 valence electrons. The SMILES string of the molecule is c1ccc(-c2ccc(N(c3cccc(-c4cccc5ccc6sc7ccccc7c6c45)c3)c3ccc4c(c3)C3(c5ccccc5-c5ccccc53)c3ccccc3-4)cc2)cc1. The molecule has 0 unspecified atom stereocenters. The minimum atomic E-state index is -0.433. The van der Waals surface area contributed by atoms with E-state index >= 15 is 0 Å². The van der Waals surface area contributed by atoms with Crippen molar-refractivity contribution < 1.29 is 0 Å². The fourth-order valence-electron chi connectivity index (χ4n) is 10.7. The van der Waals surface area contributed by atoms with Gasteiger partial charge < -0.3 is 4.90 Å². The molecule has 0 bridgehead atoms. The predicted octanol–water partition coefficient (Wildman–Crippen LogP) is 16.4. The zero-order valence-corrected chi connectivity index (χ0v) is 34.0. The van der Waals surface area contributed by atoms with Gasteiger partial charge in [-0.05, 0) is 126 Å². The van der Waals surface area contributed by atoms with Crippen molar-refractivity contribution in [1.82, 2.24) is 0 Å². The van der Waals surface area contributed by atoms with Crippen molar-refractivity contribution in [3.8, 4) is 44.5 Å². The average molecular weight is 792 g/mol. The van der Waals surface area contributed by atoms with Crippen molar-refractivity contribution in [2.45, 2.75) is 5.41 Å². The van der Waals surface area contributed by atoms with Crippen molar-refractivity contribution in [1.29, 1.82) is 0 Å². The molecular formula is C59H37NS. The topological polar surface area (TPSA) is 3.24 Å². The molecule has 0 atom stereocenters. The van der Waals surface area contributed by atoms with Crippen LogP contribution in [0.2, 0.25) is 0 Å². The van der Waals surface area contributed by atoms with Crippen molar-refractivity contribution in [3.05, 3.63) is 247 Å². The maximum absolute atomic E-state index is 2.49. The molecule has 0 amide bonds. The highest BCUT2D eigenvalue weighted by Crippen LogP contribution is 2.63. The smallest absolute Gasteiger partial charge is 0.0726 e. The number of nitrogens with zero attached hydrogens (tertiary/aromatic N) is 1. The van der Waals surface area contributed by atoms with Gasteiger partial charge in [-0.1, -0.05) is 176 Å². The summed E-state index contributed by atoms with van der Waals surface area (Å²) in [7, 11) is 0. The highest BCUT2D eigenvalue weighted by Gasteiger charge is 2.51.